The fourth-order valence-corrected chi connectivity index (χ4v) is 2.34. The summed E-state index contributed by atoms with van der Waals surface area (Å²) < 4.78 is 12.2. The van der Waals surface area contributed by atoms with Crippen LogP contribution in [0.2, 0.25) is 0 Å². The third-order valence-corrected chi connectivity index (χ3v) is 3.54. The van der Waals surface area contributed by atoms with Gasteiger partial charge in [0.15, 0.2) is 11.4 Å². The van der Waals surface area contributed by atoms with E-state index in [0.717, 1.165) is 5.69 Å². The summed E-state index contributed by atoms with van der Waals surface area (Å²) in [6, 6.07) is 12.8. The zero-order chi connectivity index (χ0) is 17.6. The number of para-hydroxylation sites is 1. The van der Waals surface area contributed by atoms with Crippen LogP contribution in [0.4, 0.5) is 0 Å². The molecule has 0 saturated heterocycles. The average Bonchev–Trinajstić information content (AvgIpc) is 3.30. The first-order chi connectivity index (χ1) is 12.2. The highest BCUT2D eigenvalue weighted by Crippen LogP contribution is 2.20. The monoisotopic (exact) mass is 341 g/mol. The third kappa shape index (κ3) is 3.89. The molecule has 25 heavy (non-hydrogen) atoms. The standard InChI is InChI=1S/C18H19N3O4/c1-2-24-16-12-21(13-7-4-3-5-8-13)20-17(16)18(23)19-11-14(22)15-9-6-10-25-15/h3-10,12,14,22H,2,11H2,1H3,(H,19,23). The summed E-state index contributed by atoms with van der Waals surface area (Å²) in [4.78, 5) is 12.5. The Bertz CT molecular complexity index is 812. The molecule has 2 heterocycles. The lowest BCUT2D eigenvalue weighted by Crippen LogP contribution is -2.29. The largest absolute Gasteiger partial charge is 0.490 e. The van der Waals surface area contributed by atoms with Crippen LogP contribution >= 0.6 is 0 Å². The van der Waals surface area contributed by atoms with Crippen molar-refractivity contribution in [2.45, 2.75) is 13.0 Å². The Kier molecular flexibility index (Phi) is 5.15. The summed E-state index contributed by atoms with van der Waals surface area (Å²) in [6.45, 7) is 2.26. The quantitative estimate of drug-likeness (QED) is 0.688. The molecule has 1 atom stereocenters. The molecule has 7 nitrogen and oxygen atoms in total. The number of carbonyl (C=O) groups excluding carboxylic acids is 1. The fraction of sp³-hybridized carbons (Fsp3) is 0.222. The average molecular weight is 341 g/mol. The molecule has 2 N–H and O–H groups in total. The maximum Gasteiger partial charge on any atom is 0.275 e. The predicted octanol–water partition coefficient (Wildman–Crippen LogP) is 2.33. The van der Waals surface area contributed by atoms with Gasteiger partial charge in [0, 0.05) is 0 Å². The molecule has 1 unspecified atom stereocenters. The molecule has 1 amide bonds. The molecule has 0 fully saturated rings. The van der Waals surface area contributed by atoms with E-state index in [1.807, 2.05) is 37.3 Å². The number of aliphatic hydroxyl groups excluding tert-OH is 1. The highest BCUT2D eigenvalue weighted by molar-refractivity contribution is 5.95. The SMILES string of the molecule is CCOc1cn(-c2ccccc2)nc1C(=O)NCC(O)c1ccco1. The molecule has 0 bridgehead atoms. The van der Waals surface area contributed by atoms with E-state index in [4.69, 9.17) is 9.15 Å². The van der Waals surface area contributed by atoms with Gasteiger partial charge in [0.25, 0.3) is 5.91 Å². The predicted molar refractivity (Wildman–Crippen MR) is 90.7 cm³/mol. The summed E-state index contributed by atoms with van der Waals surface area (Å²) in [5.74, 6) is 0.347. The maximum absolute atomic E-state index is 12.5. The van der Waals surface area contributed by atoms with Gasteiger partial charge >= 0.3 is 0 Å². The van der Waals surface area contributed by atoms with E-state index in [1.54, 1.807) is 23.0 Å². The summed E-state index contributed by atoms with van der Waals surface area (Å²) in [7, 11) is 0. The first-order valence-electron chi connectivity index (χ1n) is 7.96. The normalized spacial score (nSPS) is 11.9. The molecule has 0 aliphatic carbocycles. The number of aliphatic hydroxyl groups is 1. The highest BCUT2D eigenvalue weighted by atomic mass is 16.5. The van der Waals surface area contributed by atoms with E-state index >= 15 is 0 Å². The minimum absolute atomic E-state index is 0.0100. The number of hydrogen-bond donors (Lipinski definition) is 2. The zero-order valence-corrected chi connectivity index (χ0v) is 13.8. The molecular formula is C18H19N3O4. The first-order valence-corrected chi connectivity index (χ1v) is 7.96. The topological polar surface area (TPSA) is 89.5 Å². The second kappa shape index (κ2) is 7.67. The summed E-state index contributed by atoms with van der Waals surface area (Å²) in [5, 5.41) is 17.0. The molecule has 1 aromatic carbocycles. The fourth-order valence-electron chi connectivity index (χ4n) is 2.34. The van der Waals surface area contributed by atoms with Gasteiger partial charge in [-0.3, -0.25) is 4.79 Å². The lowest BCUT2D eigenvalue weighted by Gasteiger charge is -2.09. The Morgan fingerprint density at radius 2 is 2.12 bits per heavy atom. The van der Waals surface area contributed by atoms with Crippen LogP contribution < -0.4 is 10.1 Å². The van der Waals surface area contributed by atoms with Crippen LogP contribution in [0.15, 0.2) is 59.3 Å². The second-order valence-corrected chi connectivity index (χ2v) is 5.30. The second-order valence-electron chi connectivity index (χ2n) is 5.30. The van der Waals surface area contributed by atoms with Crippen LogP contribution in [0.1, 0.15) is 29.3 Å². The highest BCUT2D eigenvalue weighted by Gasteiger charge is 2.20. The Morgan fingerprint density at radius 1 is 1.32 bits per heavy atom. The summed E-state index contributed by atoms with van der Waals surface area (Å²) >= 11 is 0. The lowest BCUT2D eigenvalue weighted by molar-refractivity contribution is 0.0892. The van der Waals surface area contributed by atoms with Crippen LogP contribution in [-0.2, 0) is 0 Å². The van der Waals surface area contributed by atoms with Gasteiger partial charge in [-0.05, 0) is 31.2 Å². The number of carbonyl (C=O) groups is 1. The summed E-state index contributed by atoms with van der Waals surface area (Å²) in [5.41, 5.74) is 0.982. The van der Waals surface area contributed by atoms with Gasteiger partial charge in [0.1, 0.15) is 11.9 Å². The lowest BCUT2D eigenvalue weighted by atomic mass is 10.2. The maximum atomic E-state index is 12.5. The van der Waals surface area contributed by atoms with Gasteiger partial charge in [-0.15, -0.1) is 0 Å². The van der Waals surface area contributed by atoms with Gasteiger partial charge in [0.05, 0.1) is 31.3 Å². The van der Waals surface area contributed by atoms with Gasteiger partial charge in [-0.1, -0.05) is 18.2 Å². The van der Waals surface area contributed by atoms with Crippen molar-refractivity contribution in [3.05, 3.63) is 66.4 Å². The Hall–Kier alpha value is -3.06. The van der Waals surface area contributed by atoms with Gasteiger partial charge in [-0.2, -0.15) is 5.10 Å². The first kappa shape index (κ1) is 16.8. The number of benzene rings is 1. The van der Waals surface area contributed by atoms with Gasteiger partial charge in [0.2, 0.25) is 0 Å². The van der Waals surface area contributed by atoms with Crippen LogP contribution in [0.3, 0.4) is 0 Å². The van der Waals surface area contributed by atoms with Crippen molar-refractivity contribution < 1.29 is 19.1 Å². The smallest absolute Gasteiger partial charge is 0.275 e. The molecule has 0 spiro atoms. The van der Waals surface area contributed by atoms with Gasteiger partial charge in [-0.25, -0.2) is 4.68 Å². The van der Waals surface area contributed by atoms with Crippen molar-refractivity contribution in [3.63, 3.8) is 0 Å². The Balaban J connectivity index is 1.75. The van der Waals surface area contributed by atoms with Gasteiger partial charge < -0.3 is 19.6 Å². The minimum atomic E-state index is -0.925. The third-order valence-electron chi connectivity index (χ3n) is 3.54. The molecule has 3 rings (SSSR count). The number of nitrogens with one attached hydrogen (secondary N) is 1. The number of nitrogens with zero attached hydrogens (tertiary/aromatic N) is 2. The van der Waals surface area contributed by atoms with E-state index in [9.17, 15) is 9.90 Å². The molecule has 2 aromatic heterocycles. The van der Waals surface area contributed by atoms with E-state index in [0.29, 0.717) is 18.1 Å². The number of hydrogen-bond acceptors (Lipinski definition) is 5. The van der Waals surface area contributed by atoms with Crippen molar-refractivity contribution >= 4 is 5.91 Å². The number of amides is 1. The van der Waals surface area contributed by atoms with Crippen molar-refractivity contribution in [3.8, 4) is 11.4 Å². The van der Waals surface area contributed by atoms with Crippen LogP contribution in [0, 0.1) is 0 Å². The van der Waals surface area contributed by atoms with Crippen molar-refractivity contribution in [2.24, 2.45) is 0 Å². The Morgan fingerprint density at radius 3 is 2.80 bits per heavy atom. The van der Waals surface area contributed by atoms with Crippen LogP contribution in [-0.4, -0.2) is 33.9 Å². The molecule has 130 valence electrons. The number of aromatic nitrogens is 2. The molecule has 0 aliphatic rings. The van der Waals surface area contributed by atoms with Crippen LogP contribution in [0.5, 0.6) is 5.75 Å². The van der Waals surface area contributed by atoms with E-state index < -0.39 is 12.0 Å². The zero-order valence-electron chi connectivity index (χ0n) is 13.8. The molecule has 3 aromatic rings. The number of furan rings is 1. The van der Waals surface area contributed by atoms with Crippen molar-refractivity contribution in [1.29, 1.82) is 0 Å². The summed E-state index contributed by atoms with van der Waals surface area (Å²) in [6.07, 6.45) is 2.21. The molecule has 0 saturated carbocycles. The van der Waals surface area contributed by atoms with Crippen LogP contribution in [0.25, 0.3) is 5.69 Å². The van der Waals surface area contributed by atoms with E-state index in [2.05, 4.69) is 10.4 Å². The number of rotatable bonds is 7. The van der Waals surface area contributed by atoms with Crippen molar-refractivity contribution in [1.82, 2.24) is 15.1 Å². The van der Waals surface area contributed by atoms with E-state index in [-0.39, 0.29) is 12.2 Å². The molecule has 7 heteroatoms. The Labute approximate surface area is 144 Å². The molecule has 0 radical (unpaired) electrons. The number of ether oxygens (including phenoxy) is 1. The molecular weight excluding hydrogens is 322 g/mol. The van der Waals surface area contributed by atoms with E-state index in [1.165, 1.54) is 6.26 Å². The van der Waals surface area contributed by atoms with Crippen molar-refractivity contribution in [2.75, 3.05) is 13.2 Å². The molecule has 0 aliphatic heterocycles. The minimum Gasteiger partial charge on any atom is -0.490 e.